The van der Waals surface area contributed by atoms with E-state index in [-0.39, 0.29) is 30.4 Å². The number of benzene rings is 2. The number of carbonyl (C=O) groups is 1. The molecule has 0 unspecified atom stereocenters. The standard InChI is InChI=1S/C24H25FN4O3.2ClH/c25-22-7-6-20(32-19-4-1-17(2-5-19)9-10-26)15-21(22)24(30)28-18-3-8-23(27-16-18)29-11-13-31-14-12-29;;/h1-8,15-16H,9-14,26H2,(H,28,30);2*1H. The van der Waals surface area contributed by atoms with Gasteiger partial charge >= 0.3 is 0 Å². The van der Waals surface area contributed by atoms with Gasteiger partial charge in [0.25, 0.3) is 5.91 Å². The molecule has 7 nitrogen and oxygen atoms in total. The molecule has 34 heavy (non-hydrogen) atoms. The van der Waals surface area contributed by atoms with Crippen LogP contribution in [-0.2, 0) is 11.2 Å². The summed E-state index contributed by atoms with van der Waals surface area (Å²) in [4.78, 5) is 19.2. The van der Waals surface area contributed by atoms with Gasteiger partial charge in [0.05, 0.1) is 30.7 Å². The lowest BCUT2D eigenvalue weighted by molar-refractivity contribution is 0.102. The minimum absolute atomic E-state index is 0. The van der Waals surface area contributed by atoms with Crippen molar-refractivity contribution in [1.82, 2.24) is 4.98 Å². The number of nitrogens with two attached hydrogens (primary N) is 1. The minimum atomic E-state index is -0.633. The van der Waals surface area contributed by atoms with Crippen LogP contribution in [0.4, 0.5) is 15.9 Å². The highest BCUT2D eigenvalue weighted by atomic mass is 35.5. The third-order valence-electron chi connectivity index (χ3n) is 5.12. The molecule has 3 aromatic rings. The smallest absolute Gasteiger partial charge is 0.258 e. The van der Waals surface area contributed by atoms with E-state index in [2.05, 4.69) is 15.2 Å². The second kappa shape index (κ2) is 13.1. The molecular weight excluding hydrogens is 482 g/mol. The predicted molar refractivity (Wildman–Crippen MR) is 135 cm³/mol. The van der Waals surface area contributed by atoms with E-state index in [4.69, 9.17) is 15.2 Å². The molecule has 10 heteroatoms. The van der Waals surface area contributed by atoms with Gasteiger partial charge in [-0.05, 0) is 61.0 Å². The van der Waals surface area contributed by atoms with Crippen molar-refractivity contribution < 1.29 is 18.7 Å². The summed E-state index contributed by atoms with van der Waals surface area (Å²) < 4.78 is 25.5. The molecule has 1 aliphatic rings. The number of carbonyl (C=O) groups excluding carboxylic acids is 1. The van der Waals surface area contributed by atoms with Crippen LogP contribution in [0.25, 0.3) is 0 Å². The minimum Gasteiger partial charge on any atom is -0.457 e. The molecule has 4 rings (SSSR count). The molecule has 2 aromatic carbocycles. The van der Waals surface area contributed by atoms with Crippen LogP contribution in [0.5, 0.6) is 11.5 Å². The van der Waals surface area contributed by atoms with Crippen LogP contribution in [-0.4, -0.2) is 43.7 Å². The maximum Gasteiger partial charge on any atom is 0.258 e. The quantitative estimate of drug-likeness (QED) is 0.490. The first-order valence-corrected chi connectivity index (χ1v) is 10.5. The Labute approximate surface area is 210 Å². The summed E-state index contributed by atoms with van der Waals surface area (Å²) >= 11 is 0. The van der Waals surface area contributed by atoms with E-state index in [1.807, 2.05) is 30.3 Å². The first-order valence-electron chi connectivity index (χ1n) is 10.5. The molecule has 0 atom stereocenters. The monoisotopic (exact) mass is 508 g/mol. The van der Waals surface area contributed by atoms with E-state index < -0.39 is 11.7 Å². The lowest BCUT2D eigenvalue weighted by atomic mass is 10.1. The molecule has 182 valence electrons. The Morgan fingerprint density at radius 2 is 1.76 bits per heavy atom. The number of hydrogen-bond donors (Lipinski definition) is 2. The lowest BCUT2D eigenvalue weighted by Crippen LogP contribution is -2.36. The zero-order chi connectivity index (χ0) is 22.3. The maximum atomic E-state index is 14.3. The number of aromatic nitrogens is 1. The first-order chi connectivity index (χ1) is 15.6. The number of ether oxygens (including phenoxy) is 2. The molecule has 1 aromatic heterocycles. The second-order valence-corrected chi connectivity index (χ2v) is 7.38. The number of hydrogen-bond acceptors (Lipinski definition) is 6. The molecule has 1 fully saturated rings. The number of nitrogens with zero attached hydrogens (tertiary/aromatic N) is 2. The van der Waals surface area contributed by atoms with Crippen molar-refractivity contribution >= 4 is 42.2 Å². The lowest BCUT2D eigenvalue weighted by Gasteiger charge is -2.27. The highest BCUT2D eigenvalue weighted by molar-refractivity contribution is 6.04. The summed E-state index contributed by atoms with van der Waals surface area (Å²) in [6, 6.07) is 15.1. The fourth-order valence-corrected chi connectivity index (χ4v) is 3.41. The molecule has 2 heterocycles. The van der Waals surface area contributed by atoms with Crippen LogP contribution in [0.1, 0.15) is 15.9 Å². The summed E-state index contributed by atoms with van der Waals surface area (Å²) in [6.07, 6.45) is 2.34. The van der Waals surface area contributed by atoms with Crippen LogP contribution in [0.15, 0.2) is 60.8 Å². The average Bonchev–Trinajstić information content (AvgIpc) is 2.83. The van der Waals surface area contributed by atoms with Crippen LogP contribution in [0, 0.1) is 5.82 Å². The van der Waals surface area contributed by atoms with Gasteiger partial charge in [-0.15, -0.1) is 24.8 Å². The second-order valence-electron chi connectivity index (χ2n) is 7.38. The number of halogens is 3. The van der Waals surface area contributed by atoms with Gasteiger partial charge in [0.1, 0.15) is 23.1 Å². The SMILES string of the molecule is Cl.Cl.NCCc1ccc(Oc2ccc(F)c(C(=O)Nc3ccc(N4CCOCC4)nc3)c2)cc1. The van der Waals surface area contributed by atoms with E-state index in [0.29, 0.717) is 36.9 Å². The van der Waals surface area contributed by atoms with Gasteiger partial charge in [0.2, 0.25) is 0 Å². The fraction of sp³-hybridized carbons (Fsp3) is 0.250. The van der Waals surface area contributed by atoms with Gasteiger partial charge in [0, 0.05) is 13.1 Å². The van der Waals surface area contributed by atoms with E-state index in [9.17, 15) is 9.18 Å². The predicted octanol–water partition coefficient (Wildman–Crippen LogP) is 4.45. The van der Waals surface area contributed by atoms with Crippen LogP contribution >= 0.6 is 24.8 Å². The summed E-state index contributed by atoms with van der Waals surface area (Å²) in [5.41, 5.74) is 7.03. The van der Waals surface area contributed by atoms with Gasteiger partial charge in [-0.1, -0.05) is 12.1 Å². The number of anilines is 2. The van der Waals surface area contributed by atoms with Crippen LogP contribution in [0.3, 0.4) is 0 Å². The van der Waals surface area contributed by atoms with Gasteiger partial charge in [0.15, 0.2) is 0 Å². The van der Waals surface area contributed by atoms with Crippen LogP contribution in [0.2, 0.25) is 0 Å². The number of nitrogens with one attached hydrogen (secondary N) is 1. The fourth-order valence-electron chi connectivity index (χ4n) is 3.41. The zero-order valence-corrected chi connectivity index (χ0v) is 20.0. The Kier molecular flexibility index (Phi) is 10.5. The van der Waals surface area contributed by atoms with E-state index in [1.165, 1.54) is 18.2 Å². The normalized spacial score (nSPS) is 12.8. The van der Waals surface area contributed by atoms with E-state index in [1.54, 1.807) is 12.3 Å². The van der Waals surface area contributed by atoms with Gasteiger partial charge in [-0.25, -0.2) is 9.37 Å². The summed E-state index contributed by atoms with van der Waals surface area (Å²) in [6.45, 7) is 3.44. The highest BCUT2D eigenvalue weighted by Crippen LogP contribution is 2.25. The van der Waals surface area contributed by atoms with E-state index >= 15 is 0 Å². The summed E-state index contributed by atoms with van der Waals surface area (Å²) in [5, 5.41) is 2.69. The molecule has 3 N–H and O–H groups in total. The molecule has 0 spiro atoms. The summed E-state index contributed by atoms with van der Waals surface area (Å²) in [5.74, 6) is 0.555. The number of morpholine rings is 1. The van der Waals surface area contributed by atoms with Crippen molar-refractivity contribution in [2.24, 2.45) is 5.73 Å². The maximum absolute atomic E-state index is 14.3. The number of pyridine rings is 1. The third kappa shape index (κ3) is 7.04. The number of rotatable bonds is 7. The zero-order valence-electron chi connectivity index (χ0n) is 18.4. The molecule has 0 aliphatic carbocycles. The Morgan fingerprint density at radius 3 is 2.41 bits per heavy atom. The molecule has 0 saturated carbocycles. The molecule has 1 aliphatic heterocycles. The Bertz CT molecular complexity index is 1060. The van der Waals surface area contributed by atoms with Gasteiger partial charge < -0.3 is 25.4 Å². The van der Waals surface area contributed by atoms with Gasteiger partial charge in [-0.3, -0.25) is 4.79 Å². The molecule has 1 amide bonds. The van der Waals surface area contributed by atoms with Crippen molar-refractivity contribution in [3.8, 4) is 11.5 Å². The van der Waals surface area contributed by atoms with Crippen molar-refractivity contribution in [3.63, 3.8) is 0 Å². The van der Waals surface area contributed by atoms with Crippen molar-refractivity contribution in [1.29, 1.82) is 0 Å². The molecular formula is C24H27Cl2FN4O3. The van der Waals surface area contributed by atoms with Crippen LogP contribution < -0.4 is 20.7 Å². The molecule has 1 saturated heterocycles. The highest BCUT2D eigenvalue weighted by Gasteiger charge is 2.16. The number of amides is 1. The van der Waals surface area contributed by atoms with Gasteiger partial charge in [-0.2, -0.15) is 0 Å². The van der Waals surface area contributed by atoms with Crippen molar-refractivity contribution in [3.05, 3.63) is 77.7 Å². The Balaban J connectivity index is 0.00000204. The topological polar surface area (TPSA) is 89.7 Å². The average molecular weight is 509 g/mol. The van der Waals surface area contributed by atoms with Crippen molar-refractivity contribution in [2.45, 2.75) is 6.42 Å². The largest absolute Gasteiger partial charge is 0.457 e. The third-order valence-corrected chi connectivity index (χ3v) is 5.12. The Hall–Kier alpha value is -2.91. The van der Waals surface area contributed by atoms with Crippen molar-refractivity contribution in [2.75, 3.05) is 43.1 Å². The first kappa shape index (κ1) is 27.3. The molecule has 0 radical (unpaired) electrons. The van der Waals surface area contributed by atoms with E-state index in [0.717, 1.165) is 30.9 Å². The summed E-state index contributed by atoms with van der Waals surface area (Å²) in [7, 11) is 0. The molecule has 0 bridgehead atoms. The Morgan fingerprint density at radius 1 is 1.06 bits per heavy atom.